The molecule has 0 saturated heterocycles. The normalized spacial score (nSPS) is 12.8. The number of nitrogens with two attached hydrogens (primary N) is 1. The van der Waals surface area contributed by atoms with E-state index >= 15 is 0 Å². The number of hydrogen-bond acceptors (Lipinski definition) is 4. The van der Waals surface area contributed by atoms with Crippen molar-refractivity contribution < 1.29 is 9.15 Å². The number of ether oxygens (including phenoxy) is 1. The highest BCUT2D eigenvalue weighted by molar-refractivity contribution is 5.25. The third kappa shape index (κ3) is 3.70. The van der Waals surface area contributed by atoms with E-state index in [9.17, 15) is 0 Å². The average molecular weight is 274 g/mol. The minimum Gasteiger partial charge on any atom is -0.468 e. The first-order chi connectivity index (χ1) is 9.74. The number of furan rings is 1. The first-order valence-electron chi connectivity index (χ1n) is 6.75. The number of rotatable bonds is 7. The van der Waals surface area contributed by atoms with E-state index in [0.29, 0.717) is 13.2 Å². The SMILES string of the molecule is COCc1ccc(C(CN)N(C)Cc2ccco2)cc1. The van der Waals surface area contributed by atoms with Gasteiger partial charge in [-0.3, -0.25) is 4.90 Å². The Labute approximate surface area is 120 Å². The van der Waals surface area contributed by atoms with E-state index in [1.54, 1.807) is 13.4 Å². The monoisotopic (exact) mass is 274 g/mol. The van der Waals surface area contributed by atoms with Gasteiger partial charge < -0.3 is 14.9 Å². The van der Waals surface area contributed by atoms with Gasteiger partial charge in [0, 0.05) is 19.7 Å². The van der Waals surface area contributed by atoms with Crippen molar-refractivity contribution in [2.75, 3.05) is 20.7 Å². The summed E-state index contributed by atoms with van der Waals surface area (Å²) >= 11 is 0. The molecule has 4 nitrogen and oxygen atoms in total. The summed E-state index contributed by atoms with van der Waals surface area (Å²) < 4.78 is 10.5. The van der Waals surface area contributed by atoms with Crippen LogP contribution in [0.25, 0.3) is 0 Å². The molecule has 1 unspecified atom stereocenters. The van der Waals surface area contributed by atoms with E-state index in [2.05, 4.69) is 36.2 Å². The molecule has 1 atom stereocenters. The lowest BCUT2D eigenvalue weighted by Crippen LogP contribution is -2.30. The predicted molar refractivity (Wildman–Crippen MR) is 79.1 cm³/mol. The zero-order valence-electron chi connectivity index (χ0n) is 12.1. The number of nitrogens with zero attached hydrogens (tertiary/aromatic N) is 1. The predicted octanol–water partition coefficient (Wildman–Crippen LogP) is 2.56. The van der Waals surface area contributed by atoms with Crippen molar-refractivity contribution in [3.05, 3.63) is 59.5 Å². The van der Waals surface area contributed by atoms with E-state index in [1.165, 1.54) is 11.1 Å². The number of methoxy groups -OCH3 is 1. The Morgan fingerprint density at radius 2 is 2.00 bits per heavy atom. The molecular formula is C16H22N2O2. The van der Waals surface area contributed by atoms with Crippen molar-refractivity contribution in [3.8, 4) is 0 Å². The van der Waals surface area contributed by atoms with Crippen molar-refractivity contribution in [2.24, 2.45) is 5.73 Å². The molecule has 2 aromatic rings. The summed E-state index contributed by atoms with van der Waals surface area (Å²) in [5.41, 5.74) is 8.31. The minimum atomic E-state index is 0.177. The topological polar surface area (TPSA) is 51.6 Å². The molecule has 20 heavy (non-hydrogen) atoms. The maximum atomic E-state index is 5.93. The lowest BCUT2D eigenvalue weighted by molar-refractivity contribution is 0.184. The maximum absolute atomic E-state index is 5.93. The molecule has 0 amide bonds. The van der Waals surface area contributed by atoms with Crippen LogP contribution in [-0.2, 0) is 17.9 Å². The Morgan fingerprint density at radius 1 is 1.25 bits per heavy atom. The standard InChI is InChI=1S/C16H22N2O2/c1-18(11-15-4-3-9-20-15)16(10-17)14-7-5-13(6-8-14)12-19-2/h3-9,16H,10-12,17H2,1-2H3. The lowest BCUT2D eigenvalue weighted by Gasteiger charge is -2.26. The highest BCUT2D eigenvalue weighted by Gasteiger charge is 2.16. The summed E-state index contributed by atoms with van der Waals surface area (Å²) in [4.78, 5) is 2.20. The molecule has 0 radical (unpaired) electrons. The zero-order valence-corrected chi connectivity index (χ0v) is 12.1. The van der Waals surface area contributed by atoms with Gasteiger partial charge in [0.15, 0.2) is 0 Å². The Hall–Kier alpha value is -1.62. The van der Waals surface area contributed by atoms with Gasteiger partial charge in [0.2, 0.25) is 0 Å². The Bertz CT molecular complexity index is 494. The second-order valence-electron chi connectivity index (χ2n) is 4.92. The second-order valence-corrected chi connectivity index (χ2v) is 4.92. The van der Waals surface area contributed by atoms with Crippen molar-refractivity contribution in [2.45, 2.75) is 19.2 Å². The smallest absolute Gasteiger partial charge is 0.117 e. The molecule has 0 aliphatic heterocycles. The van der Waals surface area contributed by atoms with Gasteiger partial charge in [0.05, 0.1) is 19.4 Å². The number of likely N-dealkylation sites (N-methyl/N-ethyl adjacent to an activating group) is 1. The minimum absolute atomic E-state index is 0.177. The molecule has 0 fully saturated rings. The molecule has 0 bridgehead atoms. The van der Waals surface area contributed by atoms with E-state index in [0.717, 1.165) is 12.3 Å². The van der Waals surface area contributed by atoms with Crippen LogP contribution in [0.3, 0.4) is 0 Å². The average Bonchev–Trinajstić information content (AvgIpc) is 2.95. The Kier molecular flexibility index (Phi) is 5.35. The second kappa shape index (κ2) is 7.24. The van der Waals surface area contributed by atoms with Gasteiger partial charge in [-0.2, -0.15) is 0 Å². The van der Waals surface area contributed by atoms with E-state index in [1.807, 2.05) is 12.1 Å². The van der Waals surface area contributed by atoms with Crippen LogP contribution in [0.15, 0.2) is 47.1 Å². The number of benzene rings is 1. The van der Waals surface area contributed by atoms with Gasteiger partial charge in [0.1, 0.15) is 5.76 Å². The molecule has 4 heteroatoms. The third-order valence-corrected chi connectivity index (χ3v) is 3.42. The Morgan fingerprint density at radius 3 is 2.55 bits per heavy atom. The number of hydrogen-bond donors (Lipinski definition) is 1. The van der Waals surface area contributed by atoms with Gasteiger partial charge in [0.25, 0.3) is 0 Å². The summed E-state index contributed by atoms with van der Waals surface area (Å²) in [6.45, 7) is 1.95. The van der Waals surface area contributed by atoms with Gasteiger partial charge in [-0.15, -0.1) is 0 Å². The first kappa shape index (κ1) is 14.8. The highest BCUT2D eigenvalue weighted by atomic mass is 16.5. The molecule has 2 N–H and O–H groups in total. The molecule has 0 aliphatic carbocycles. The Balaban J connectivity index is 2.06. The van der Waals surface area contributed by atoms with Crippen LogP contribution in [0.5, 0.6) is 0 Å². The summed E-state index contributed by atoms with van der Waals surface area (Å²) in [7, 11) is 3.76. The van der Waals surface area contributed by atoms with E-state index < -0.39 is 0 Å². The quantitative estimate of drug-likeness (QED) is 0.843. The molecule has 1 aromatic heterocycles. The summed E-state index contributed by atoms with van der Waals surface area (Å²) in [5, 5.41) is 0. The largest absolute Gasteiger partial charge is 0.468 e. The molecule has 0 spiro atoms. The lowest BCUT2D eigenvalue weighted by atomic mass is 10.0. The first-order valence-corrected chi connectivity index (χ1v) is 6.75. The van der Waals surface area contributed by atoms with Gasteiger partial charge >= 0.3 is 0 Å². The van der Waals surface area contributed by atoms with Crippen LogP contribution in [0.4, 0.5) is 0 Å². The van der Waals surface area contributed by atoms with Crippen LogP contribution < -0.4 is 5.73 Å². The zero-order chi connectivity index (χ0) is 14.4. The molecular weight excluding hydrogens is 252 g/mol. The van der Waals surface area contributed by atoms with Crippen LogP contribution in [0.2, 0.25) is 0 Å². The fraction of sp³-hybridized carbons (Fsp3) is 0.375. The van der Waals surface area contributed by atoms with Crippen molar-refractivity contribution in [1.29, 1.82) is 0 Å². The fourth-order valence-electron chi connectivity index (χ4n) is 2.33. The maximum Gasteiger partial charge on any atom is 0.117 e. The van der Waals surface area contributed by atoms with Crippen molar-refractivity contribution >= 4 is 0 Å². The molecule has 0 aliphatic rings. The van der Waals surface area contributed by atoms with Crippen molar-refractivity contribution in [3.63, 3.8) is 0 Å². The highest BCUT2D eigenvalue weighted by Crippen LogP contribution is 2.21. The van der Waals surface area contributed by atoms with Crippen LogP contribution >= 0.6 is 0 Å². The molecule has 1 aromatic carbocycles. The van der Waals surface area contributed by atoms with Crippen LogP contribution in [0, 0.1) is 0 Å². The summed E-state index contributed by atoms with van der Waals surface area (Å²) in [6, 6.07) is 12.5. The van der Waals surface area contributed by atoms with Gasteiger partial charge in [-0.25, -0.2) is 0 Å². The molecule has 1 heterocycles. The fourth-order valence-corrected chi connectivity index (χ4v) is 2.33. The van der Waals surface area contributed by atoms with Crippen LogP contribution in [-0.4, -0.2) is 25.6 Å². The molecule has 0 saturated carbocycles. The van der Waals surface area contributed by atoms with Gasteiger partial charge in [-0.1, -0.05) is 24.3 Å². The molecule has 108 valence electrons. The van der Waals surface area contributed by atoms with Crippen LogP contribution in [0.1, 0.15) is 22.9 Å². The summed E-state index contributed by atoms with van der Waals surface area (Å²) in [5.74, 6) is 0.946. The van der Waals surface area contributed by atoms with E-state index in [-0.39, 0.29) is 6.04 Å². The van der Waals surface area contributed by atoms with Crippen molar-refractivity contribution in [1.82, 2.24) is 4.90 Å². The van der Waals surface area contributed by atoms with E-state index in [4.69, 9.17) is 14.9 Å². The summed E-state index contributed by atoms with van der Waals surface area (Å²) in [6.07, 6.45) is 1.69. The third-order valence-electron chi connectivity index (χ3n) is 3.42. The van der Waals surface area contributed by atoms with Gasteiger partial charge in [-0.05, 0) is 30.3 Å². The molecule has 2 rings (SSSR count).